The fourth-order valence-electron chi connectivity index (χ4n) is 2.23. The number of ether oxygens (including phenoxy) is 2. The fourth-order valence-corrected chi connectivity index (χ4v) is 2.79. The minimum Gasteiger partial charge on any atom is -0.496 e. The molecule has 1 aromatic carbocycles. The molecule has 0 saturated heterocycles. The number of benzene rings is 1. The molecule has 1 aliphatic rings. The van der Waals surface area contributed by atoms with Crippen molar-refractivity contribution in [2.24, 2.45) is 11.0 Å². The van der Waals surface area contributed by atoms with E-state index in [4.69, 9.17) is 9.47 Å². The largest absolute Gasteiger partial charge is 0.496 e. The predicted molar refractivity (Wildman–Crippen MR) is 89.7 cm³/mol. The predicted octanol–water partition coefficient (Wildman–Crippen LogP) is 2.95. The molecule has 118 valence electrons. The van der Waals surface area contributed by atoms with Gasteiger partial charge in [-0.05, 0) is 30.5 Å². The van der Waals surface area contributed by atoms with Crippen LogP contribution >= 0.6 is 11.8 Å². The third kappa shape index (κ3) is 3.62. The normalized spacial score (nSPS) is 18.1. The molecule has 2 rings (SSSR count). The topological polar surface area (TPSA) is 59.9 Å². The maximum atomic E-state index is 11.3. The van der Waals surface area contributed by atoms with E-state index in [1.54, 1.807) is 26.0 Å². The summed E-state index contributed by atoms with van der Waals surface area (Å²) in [6.07, 6.45) is 6.28. The van der Waals surface area contributed by atoms with Gasteiger partial charge in [-0.1, -0.05) is 6.92 Å². The van der Waals surface area contributed by atoms with Crippen LogP contribution in [0.1, 0.15) is 18.9 Å². The van der Waals surface area contributed by atoms with E-state index in [1.165, 1.54) is 0 Å². The average molecular weight is 320 g/mol. The Morgan fingerprint density at radius 2 is 2.00 bits per heavy atom. The molecule has 6 heteroatoms. The van der Waals surface area contributed by atoms with Crippen LogP contribution in [-0.2, 0) is 4.79 Å². The molecule has 0 bridgehead atoms. The van der Waals surface area contributed by atoms with E-state index < -0.39 is 0 Å². The molecule has 0 fully saturated rings. The van der Waals surface area contributed by atoms with Crippen LogP contribution in [-0.4, -0.2) is 32.1 Å². The Balaban J connectivity index is 2.32. The first-order valence-electron chi connectivity index (χ1n) is 6.93. The smallest absolute Gasteiger partial charge is 0.240 e. The zero-order valence-electron chi connectivity index (χ0n) is 13.2. The summed E-state index contributed by atoms with van der Waals surface area (Å²) in [7, 11) is 3.29. The van der Waals surface area contributed by atoms with E-state index in [-0.39, 0.29) is 11.8 Å². The lowest BCUT2D eigenvalue weighted by molar-refractivity contribution is -0.121. The van der Waals surface area contributed by atoms with Crippen molar-refractivity contribution in [3.63, 3.8) is 0 Å². The van der Waals surface area contributed by atoms with Crippen LogP contribution in [0, 0.1) is 5.92 Å². The Bertz CT molecular complexity index is 626. The number of nitrogens with one attached hydrogen (secondary N) is 1. The number of hydrazone groups is 1. The van der Waals surface area contributed by atoms with Gasteiger partial charge < -0.3 is 9.47 Å². The summed E-state index contributed by atoms with van der Waals surface area (Å²) in [6, 6.07) is 3.89. The standard InChI is InChI=1S/C16H20N2O3S/c1-10-7-16(19)18-17-12(10)6-5-11-8-14(21-3)15(22-4)9-13(11)20-2/h5-6,8-10H,7H2,1-4H3,(H,18,19). The number of carbonyl (C=O) groups excluding carboxylic acids is 1. The second kappa shape index (κ2) is 7.35. The van der Waals surface area contributed by atoms with Gasteiger partial charge in [-0.15, -0.1) is 11.8 Å². The number of amides is 1. The van der Waals surface area contributed by atoms with E-state index in [0.29, 0.717) is 6.42 Å². The molecule has 1 aliphatic heterocycles. The first-order valence-corrected chi connectivity index (χ1v) is 8.16. The summed E-state index contributed by atoms with van der Waals surface area (Å²) in [5.41, 5.74) is 4.26. The van der Waals surface area contributed by atoms with Gasteiger partial charge in [-0.2, -0.15) is 5.10 Å². The summed E-state index contributed by atoms with van der Waals surface area (Å²) in [6.45, 7) is 1.98. The molecule has 1 atom stereocenters. The number of hydrogen-bond donors (Lipinski definition) is 1. The number of carbonyl (C=O) groups is 1. The van der Waals surface area contributed by atoms with Gasteiger partial charge in [0.1, 0.15) is 11.5 Å². The molecule has 1 unspecified atom stereocenters. The molecule has 1 heterocycles. The van der Waals surface area contributed by atoms with Gasteiger partial charge in [-0.25, -0.2) is 5.43 Å². The zero-order chi connectivity index (χ0) is 16.1. The van der Waals surface area contributed by atoms with Crippen molar-refractivity contribution < 1.29 is 14.3 Å². The zero-order valence-corrected chi connectivity index (χ0v) is 14.0. The second-order valence-corrected chi connectivity index (χ2v) is 5.81. The lowest BCUT2D eigenvalue weighted by Crippen LogP contribution is -2.30. The van der Waals surface area contributed by atoms with Gasteiger partial charge in [0.15, 0.2) is 0 Å². The summed E-state index contributed by atoms with van der Waals surface area (Å²) < 4.78 is 10.8. The van der Waals surface area contributed by atoms with Gasteiger partial charge in [0.25, 0.3) is 0 Å². The van der Waals surface area contributed by atoms with Crippen LogP contribution < -0.4 is 14.9 Å². The first kappa shape index (κ1) is 16.4. The SMILES string of the molecule is COc1cc(SC)c(OC)cc1C=CC1=NNC(=O)CC1C. The van der Waals surface area contributed by atoms with Gasteiger partial charge in [0.2, 0.25) is 5.91 Å². The number of methoxy groups -OCH3 is 2. The summed E-state index contributed by atoms with van der Waals surface area (Å²) in [5, 5.41) is 4.09. The van der Waals surface area contributed by atoms with Crippen LogP contribution in [0.4, 0.5) is 0 Å². The molecule has 0 saturated carbocycles. The molecular weight excluding hydrogens is 300 g/mol. The number of rotatable bonds is 5. The fraction of sp³-hybridized carbons (Fsp3) is 0.375. The molecule has 0 spiro atoms. The Kier molecular flexibility index (Phi) is 5.49. The van der Waals surface area contributed by atoms with Crippen LogP contribution in [0.5, 0.6) is 11.5 Å². The number of allylic oxidation sites excluding steroid dienone is 1. The van der Waals surface area contributed by atoms with Crippen molar-refractivity contribution in [2.75, 3.05) is 20.5 Å². The monoisotopic (exact) mass is 320 g/mol. The molecule has 0 aromatic heterocycles. The third-order valence-corrected chi connectivity index (χ3v) is 4.23. The number of thioether (sulfide) groups is 1. The highest BCUT2D eigenvalue weighted by Gasteiger charge is 2.18. The Hall–Kier alpha value is -1.95. The molecule has 22 heavy (non-hydrogen) atoms. The summed E-state index contributed by atoms with van der Waals surface area (Å²) in [5.74, 6) is 1.63. The average Bonchev–Trinajstić information content (AvgIpc) is 2.53. The molecular formula is C16H20N2O3S. The summed E-state index contributed by atoms with van der Waals surface area (Å²) in [4.78, 5) is 12.3. The molecule has 1 amide bonds. The van der Waals surface area contributed by atoms with Gasteiger partial charge in [-0.3, -0.25) is 4.79 Å². The number of nitrogens with zero attached hydrogens (tertiary/aromatic N) is 1. The highest BCUT2D eigenvalue weighted by Crippen LogP contribution is 2.35. The van der Waals surface area contributed by atoms with Gasteiger partial charge >= 0.3 is 0 Å². The van der Waals surface area contributed by atoms with E-state index in [1.807, 2.05) is 37.5 Å². The van der Waals surface area contributed by atoms with Crippen LogP contribution in [0.25, 0.3) is 6.08 Å². The number of hydrogen-bond acceptors (Lipinski definition) is 5. The highest BCUT2D eigenvalue weighted by molar-refractivity contribution is 7.98. The van der Waals surface area contributed by atoms with Crippen molar-refractivity contribution in [1.82, 2.24) is 5.43 Å². The molecule has 5 nitrogen and oxygen atoms in total. The quantitative estimate of drug-likeness (QED) is 0.847. The van der Waals surface area contributed by atoms with Crippen molar-refractivity contribution in [3.05, 3.63) is 23.8 Å². The van der Waals surface area contributed by atoms with Gasteiger partial charge in [0, 0.05) is 17.9 Å². The van der Waals surface area contributed by atoms with E-state index in [2.05, 4.69) is 10.5 Å². The lowest BCUT2D eigenvalue weighted by Gasteiger charge is -2.16. The maximum Gasteiger partial charge on any atom is 0.240 e. The Labute approximate surface area is 134 Å². The summed E-state index contributed by atoms with van der Waals surface area (Å²) >= 11 is 1.60. The van der Waals surface area contributed by atoms with Crippen LogP contribution in [0.15, 0.2) is 28.2 Å². The highest BCUT2D eigenvalue weighted by atomic mass is 32.2. The molecule has 0 aliphatic carbocycles. The van der Waals surface area contributed by atoms with Crippen molar-refractivity contribution in [3.8, 4) is 11.5 Å². The van der Waals surface area contributed by atoms with Crippen molar-refractivity contribution in [2.45, 2.75) is 18.2 Å². The van der Waals surface area contributed by atoms with E-state index >= 15 is 0 Å². The van der Waals surface area contributed by atoms with E-state index in [0.717, 1.165) is 27.7 Å². The first-order chi connectivity index (χ1) is 10.6. The van der Waals surface area contributed by atoms with E-state index in [9.17, 15) is 4.79 Å². The minimum absolute atomic E-state index is 0.0479. The third-order valence-electron chi connectivity index (χ3n) is 3.48. The van der Waals surface area contributed by atoms with Crippen molar-refractivity contribution >= 4 is 29.5 Å². The van der Waals surface area contributed by atoms with Crippen LogP contribution in [0.2, 0.25) is 0 Å². The van der Waals surface area contributed by atoms with Crippen molar-refractivity contribution in [1.29, 1.82) is 0 Å². The van der Waals surface area contributed by atoms with Crippen LogP contribution in [0.3, 0.4) is 0 Å². The molecule has 0 radical (unpaired) electrons. The second-order valence-electron chi connectivity index (χ2n) is 4.96. The minimum atomic E-state index is -0.0479. The Morgan fingerprint density at radius 1 is 1.27 bits per heavy atom. The van der Waals surface area contributed by atoms with Gasteiger partial charge in [0.05, 0.1) is 24.8 Å². The lowest BCUT2D eigenvalue weighted by atomic mass is 9.99. The maximum absolute atomic E-state index is 11.3. The Morgan fingerprint density at radius 3 is 2.59 bits per heavy atom. The molecule has 1 aromatic rings. The molecule has 1 N–H and O–H groups in total.